The Bertz CT molecular complexity index is 438. The summed E-state index contributed by atoms with van der Waals surface area (Å²) in [6.07, 6.45) is 5.02. The summed E-state index contributed by atoms with van der Waals surface area (Å²) in [7, 11) is 0. The molecule has 1 fully saturated rings. The van der Waals surface area contributed by atoms with Crippen molar-refractivity contribution in [3.63, 3.8) is 0 Å². The zero-order valence-corrected chi connectivity index (χ0v) is 10.5. The Kier molecular flexibility index (Phi) is 3.76. The van der Waals surface area contributed by atoms with Crippen LogP contribution >= 0.6 is 0 Å². The second-order valence-corrected chi connectivity index (χ2v) is 4.80. The van der Waals surface area contributed by atoms with E-state index < -0.39 is 0 Å². The van der Waals surface area contributed by atoms with Crippen LogP contribution in [-0.2, 0) is 0 Å². The lowest BCUT2D eigenvalue weighted by Crippen LogP contribution is -2.44. The molecule has 98 valence electrons. The van der Waals surface area contributed by atoms with E-state index in [1.807, 2.05) is 0 Å². The second kappa shape index (κ2) is 5.30. The maximum absolute atomic E-state index is 11.0. The van der Waals surface area contributed by atoms with Gasteiger partial charge < -0.3 is 10.6 Å². The molecule has 1 aromatic rings. The third kappa shape index (κ3) is 2.43. The van der Waals surface area contributed by atoms with Crippen molar-refractivity contribution in [3.8, 4) is 0 Å². The van der Waals surface area contributed by atoms with Crippen molar-refractivity contribution in [3.05, 3.63) is 28.6 Å². The van der Waals surface area contributed by atoms with E-state index in [0.717, 1.165) is 19.4 Å². The molecule has 2 unspecified atom stereocenters. The molecule has 2 N–H and O–H groups in total. The van der Waals surface area contributed by atoms with Crippen LogP contribution in [0.15, 0.2) is 18.5 Å². The Labute approximate surface area is 106 Å². The summed E-state index contributed by atoms with van der Waals surface area (Å²) < 4.78 is 0. The van der Waals surface area contributed by atoms with Crippen molar-refractivity contribution in [2.24, 2.45) is 11.7 Å². The summed E-state index contributed by atoms with van der Waals surface area (Å²) >= 11 is 0. The monoisotopic (exact) mass is 250 g/mol. The Morgan fingerprint density at radius 2 is 2.39 bits per heavy atom. The minimum absolute atomic E-state index is 0.0713. The van der Waals surface area contributed by atoms with E-state index in [0.29, 0.717) is 24.2 Å². The van der Waals surface area contributed by atoms with Gasteiger partial charge in [-0.1, -0.05) is 0 Å². The van der Waals surface area contributed by atoms with Crippen molar-refractivity contribution in [1.82, 2.24) is 4.98 Å². The topological polar surface area (TPSA) is 85.3 Å². The standard InChI is InChI=1S/C12H18N4O2/c1-9-2-3-10(6-13)8-15(9)11-4-5-14-7-12(11)16(17)18/h4-5,7,9-10H,2-3,6,8,13H2,1H3. The molecule has 6 nitrogen and oxygen atoms in total. The van der Waals surface area contributed by atoms with Crippen molar-refractivity contribution in [2.45, 2.75) is 25.8 Å². The van der Waals surface area contributed by atoms with Crippen LogP contribution in [0.3, 0.4) is 0 Å². The first-order chi connectivity index (χ1) is 8.63. The van der Waals surface area contributed by atoms with Crippen LogP contribution in [0.1, 0.15) is 19.8 Å². The molecule has 1 aromatic heterocycles. The molecule has 0 radical (unpaired) electrons. The van der Waals surface area contributed by atoms with E-state index >= 15 is 0 Å². The lowest BCUT2D eigenvalue weighted by atomic mass is 9.93. The van der Waals surface area contributed by atoms with E-state index in [1.165, 1.54) is 6.20 Å². The van der Waals surface area contributed by atoms with Crippen LogP contribution in [0.25, 0.3) is 0 Å². The molecule has 1 aliphatic rings. The Balaban J connectivity index is 2.31. The van der Waals surface area contributed by atoms with Gasteiger partial charge in [-0.2, -0.15) is 0 Å². The average molecular weight is 250 g/mol. The van der Waals surface area contributed by atoms with Gasteiger partial charge in [-0.05, 0) is 38.3 Å². The highest BCUT2D eigenvalue weighted by atomic mass is 16.6. The molecule has 0 aliphatic carbocycles. The molecular weight excluding hydrogens is 232 g/mol. The van der Waals surface area contributed by atoms with Gasteiger partial charge in [0.2, 0.25) is 0 Å². The van der Waals surface area contributed by atoms with Crippen LogP contribution in [0.4, 0.5) is 11.4 Å². The average Bonchev–Trinajstić information content (AvgIpc) is 2.39. The highest BCUT2D eigenvalue weighted by Gasteiger charge is 2.29. The van der Waals surface area contributed by atoms with Crippen LogP contribution in [0.5, 0.6) is 0 Å². The van der Waals surface area contributed by atoms with Crippen molar-refractivity contribution < 1.29 is 4.92 Å². The van der Waals surface area contributed by atoms with Gasteiger partial charge in [-0.25, -0.2) is 0 Å². The molecule has 1 aliphatic heterocycles. The predicted molar refractivity (Wildman–Crippen MR) is 69.5 cm³/mol. The van der Waals surface area contributed by atoms with Crippen LogP contribution < -0.4 is 10.6 Å². The van der Waals surface area contributed by atoms with E-state index in [9.17, 15) is 10.1 Å². The zero-order valence-electron chi connectivity index (χ0n) is 10.5. The number of pyridine rings is 1. The quantitative estimate of drug-likeness (QED) is 0.650. The molecule has 18 heavy (non-hydrogen) atoms. The number of piperidine rings is 1. The largest absolute Gasteiger partial charge is 0.363 e. The van der Waals surface area contributed by atoms with Crippen LogP contribution in [0, 0.1) is 16.0 Å². The highest BCUT2D eigenvalue weighted by Crippen LogP contribution is 2.33. The summed E-state index contributed by atoms with van der Waals surface area (Å²) in [5.74, 6) is 0.411. The molecule has 2 atom stereocenters. The highest BCUT2D eigenvalue weighted by molar-refractivity contribution is 5.62. The number of aromatic nitrogens is 1. The van der Waals surface area contributed by atoms with Gasteiger partial charge in [0.1, 0.15) is 11.9 Å². The predicted octanol–water partition coefficient (Wildman–Crippen LogP) is 1.55. The minimum Gasteiger partial charge on any atom is -0.363 e. The third-order valence-corrected chi connectivity index (χ3v) is 3.60. The molecule has 2 rings (SSSR count). The Hall–Kier alpha value is -1.69. The minimum atomic E-state index is -0.374. The van der Waals surface area contributed by atoms with E-state index in [4.69, 9.17) is 5.73 Å². The molecule has 0 spiro atoms. The van der Waals surface area contributed by atoms with Gasteiger partial charge in [0.25, 0.3) is 0 Å². The second-order valence-electron chi connectivity index (χ2n) is 4.80. The van der Waals surface area contributed by atoms with Crippen molar-refractivity contribution >= 4 is 11.4 Å². The maximum atomic E-state index is 11.0. The molecule has 1 saturated heterocycles. The molecule has 0 amide bonds. The molecule has 0 bridgehead atoms. The number of nitrogens with two attached hydrogens (primary N) is 1. The van der Waals surface area contributed by atoms with Gasteiger partial charge in [-0.3, -0.25) is 15.1 Å². The summed E-state index contributed by atoms with van der Waals surface area (Å²) in [6, 6.07) is 2.02. The van der Waals surface area contributed by atoms with E-state index in [1.54, 1.807) is 12.3 Å². The lowest BCUT2D eigenvalue weighted by Gasteiger charge is -2.38. The number of hydrogen-bond acceptors (Lipinski definition) is 5. The summed E-state index contributed by atoms with van der Waals surface area (Å²) in [5.41, 5.74) is 6.44. The lowest BCUT2D eigenvalue weighted by molar-refractivity contribution is -0.384. The van der Waals surface area contributed by atoms with Crippen LogP contribution in [-0.4, -0.2) is 29.0 Å². The molecular formula is C12H18N4O2. The first-order valence-corrected chi connectivity index (χ1v) is 6.18. The van der Waals surface area contributed by atoms with Crippen molar-refractivity contribution in [2.75, 3.05) is 18.0 Å². The summed E-state index contributed by atoms with van der Waals surface area (Å²) in [5, 5.41) is 11.0. The summed E-state index contributed by atoms with van der Waals surface area (Å²) in [6.45, 7) is 3.50. The maximum Gasteiger partial charge on any atom is 0.310 e. The Morgan fingerprint density at radius 3 is 3.06 bits per heavy atom. The van der Waals surface area contributed by atoms with Gasteiger partial charge in [0, 0.05) is 18.8 Å². The summed E-state index contributed by atoms with van der Waals surface area (Å²) in [4.78, 5) is 16.6. The van der Waals surface area contributed by atoms with E-state index in [-0.39, 0.29) is 10.6 Å². The number of anilines is 1. The van der Waals surface area contributed by atoms with Gasteiger partial charge in [0.15, 0.2) is 0 Å². The molecule has 2 heterocycles. The van der Waals surface area contributed by atoms with Gasteiger partial charge >= 0.3 is 5.69 Å². The number of rotatable bonds is 3. The van der Waals surface area contributed by atoms with Gasteiger partial charge in [0.05, 0.1) is 4.92 Å². The Morgan fingerprint density at radius 1 is 1.61 bits per heavy atom. The zero-order chi connectivity index (χ0) is 13.1. The number of nitrogens with zero attached hydrogens (tertiary/aromatic N) is 3. The molecule has 0 aromatic carbocycles. The van der Waals surface area contributed by atoms with Crippen molar-refractivity contribution in [1.29, 1.82) is 0 Å². The fraction of sp³-hybridized carbons (Fsp3) is 0.583. The smallest absolute Gasteiger partial charge is 0.310 e. The SMILES string of the molecule is CC1CCC(CN)CN1c1ccncc1[N+](=O)[O-]. The third-order valence-electron chi connectivity index (χ3n) is 3.60. The first kappa shape index (κ1) is 12.8. The van der Waals surface area contributed by atoms with E-state index in [2.05, 4.69) is 16.8 Å². The molecule has 0 saturated carbocycles. The normalized spacial score (nSPS) is 24.0. The van der Waals surface area contributed by atoms with Gasteiger partial charge in [-0.15, -0.1) is 0 Å². The number of hydrogen-bond donors (Lipinski definition) is 1. The number of nitro groups is 1. The fourth-order valence-corrected chi connectivity index (χ4v) is 2.47. The van der Waals surface area contributed by atoms with Crippen LogP contribution in [0.2, 0.25) is 0 Å². The fourth-order valence-electron chi connectivity index (χ4n) is 2.47. The first-order valence-electron chi connectivity index (χ1n) is 6.18. The molecule has 6 heteroatoms.